The number of amides is 1. The first-order valence-electron chi connectivity index (χ1n) is 36.3. The predicted octanol–water partition coefficient (Wildman–Crippen LogP) is 6.14. The summed E-state index contributed by atoms with van der Waals surface area (Å²) in [5.41, 5.74) is 0. The number of hydrogen-bond donors (Lipinski definition) is 11. The number of ether oxygens (including phenoxy) is 10. The number of nitrogens with one attached hydrogen (secondary N) is 1. The van der Waals surface area contributed by atoms with E-state index in [1.54, 1.807) is 0 Å². The van der Waals surface area contributed by atoms with Crippen LogP contribution in [0.4, 0.5) is 0 Å². The second-order valence-corrected chi connectivity index (χ2v) is 26.6. The summed E-state index contributed by atoms with van der Waals surface area (Å²) in [6.45, 7) is -0.825. The minimum Gasteiger partial charge on any atom is -0.463 e. The van der Waals surface area contributed by atoms with Gasteiger partial charge in [0.1, 0.15) is 62.0 Å². The first-order valence-corrected chi connectivity index (χ1v) is 37.8. The molecule has 29 heteroatoms. The number of carbonyl (C=O) groups is 4. The summed E-state index contributed by atoms with van der Waals surface area (Å²) in [5, 5.41) is 90.8. The summed E-state index contributed by atoms with van der Waals surface area (Å²) in [6.07, 6.45) is 23.2. The van der Waals surface area contributed by atoms with Crippen molar-refractivity contribution in [2.75, 3.05) is 132 Å². The lowest BCUT2D eigenvalue weighted by Gasteiger charge is -2.20. The number of phosphoric ester groups is 1. The molecule has 0 aliphatic heterocycles. The van der Waals surface area contributed by atoms with Crippen molar-refractivity contribution < 1.29 is 131 Å². The second kappa shape index (κ2) is 67.8. The lowest BCUT2D eigenvalue weighted by molar-refractivity contribution is -0.161. The molecule has 97 heavy (non-hydrogen) atoms. The molecule has 0 saturated carbocycles. The Morgan fingerprint density at radius 2 is 0.608 bits per heavy atom. The fourth-order valence-electron chi connectivity index (χ4n) is 9.63. The molecule has 10 atom stereocenters. The highest BCUT2D eigenvalue weighted by molar-refractivity contribution is 7.47. The zero-order valence-corrected chi connectivity index (χ0v) is 59.9. The van der Waals surface area contributed by atoms with Crippen LogP contribution in [0.5, 0.6) is 0 Å². The minimum atomic E-state index is -4.72. The maximum absolute atomic E-state index is 12.9. The van der Waals surface area contributed by atoms with Crippen molar-refractivity contribution in [2.45, 2.75) is 281 Å². The van der Waals surface area contributed by atoms with E-state index in [2.05, 4.69) is 19.2 Å². The molecule has 0 spiro atoms. The summed E-state index contributed by atoms with van der Waals surface area (Å²) in [6, 6.07) is 0. The highest BCUT2D eigenvalue weighted by Crippen LogP contribution is 2.43. The lowest BCUT2D eigenvalue weighted by atomic mass is 10.0. The fraction of sp³-hybridized carbons (Fsp3) is 0.941. The summed E-state index contributed by atoms with van der Waals surface area (Å²) in [7, 11) is -4.72. The van der Waals surface area contributed by atoms with Gasteiger partial charge in [0.15, 0.2) is 6.10 Å². The number of rotatable bonds is 75. The standard InChI is InChI=1S/C68H132NO27P/c1-3-5-7-9-11-13-15-17-19-21-23-25-27-29-33-66(80)93-54-64(96-68(82)34-30-28-26-24-22-20-18-16-14-12-10-8-6-4-2)55-95-97(83,84)94-37-36-69-65(79)32-31-35-67(81)92-53-63(78)52-91-51-62(77)50-90-49-61(76)48-89-47-60(75)46-88-45-59(74)44-87-43-58(73)42-86-41-57(72)40-85-39-56(71)38-70/h56-64,70-78H,3-55H2,1-2H3,(H,69,79)(H,83,84). The molecular weight excluding hydrogens is 1290 g/mol. The fourth-order valence-corrected chi connectivity index (χ4v) is 10.4. The molecule has 0 aromatic rings. The number of phosphoric acid groups is 1. The summed E-state index contributed by atoms with van der Waals surface area (Å²) in [5.74, 6) is -2.18. The molecule has 0 aromatic carbocycles. The number of aliphatic hydroxyl groups excluding tert-OH is 9. The lowest BCUT2D eigenvalue weighted by Crippen LogP contribution is -2.31. The summed E-state index contributed by atoms with van der Waals surface area (Å²) < 4.78 is 75.6. The Morgan fingerprint density at radius 3 is 0.938 bits per heavy atom. The molecule has 1 amide bonds. The van der Waals surface area contributed by atoms with Crippen LogP contribution in [-0.4, -0.2) is 262 Å². The Hall–Kier alpha value is -2.65. The molecular formula is C68H132NO27P. The number of aliphatic hydroxyl groups is 9. The Labute approximate surface area is 578 Å². The van der Waals surface area contributed by atoms with Crippen LogP contribution in [0.1, 0.15) is 226 Å². The van der Waals surface area contributed by atoms with Crippen LogP contribution in [-0.2, 0) is 80.2 Å². The number of carbonyl (C=O) groups excluding carboxylic acids is 4. The van der Waals surface area contributed by atoms with E-state index < -0.39 is 113 Å². The molecule has 0 aliphatic carbocycles. The van der Waals surface area contributed by atoms with Crippen molar-refractivity contribution in [1.29, 1.82) is 0 Å². The maximum atomic E-state index is 12.9. The van der Waals surface area contributed by atoms with Crippen LogP contribution in [0.25, 0.3) is 0 Å². The maximum Gasteiger partial charge on any atom is 0.472 e. The molecule has 576 valence electrons. The first kappa shape index (κ1) is 94.3. The monoisotopic (exact) mass is 1430 g/mol. The van der Waals surface area contributed by atoms with Gasteiger partial charge < -0.3 is 104 Å². The average molecular weight is 1430 g/mol. The average Bonchev–Trinajstić information content (AvgIpc) is 3.48. The Bertz CT molecular complexity index is 1850. The van der Waals surface area contributed by atoms with Crippen molar-refractivity contribution in [3.8, 4) is 0 Å². The largest absolute Gasteiger partial charge is 0.472 e. The number of unbranched alkanes of at least 4 members (excludes halogenated alkanes) is 26. The van der Waals surface area contributed by atoms with Gasteiger partial charge in [-0.15, -0.1) is 0 Å². The highest BCUT2D eigenvalue weighted by atomic mass is 31.2. The van der Waals surface area contributed by atoms with E-state index in [4.69, 9.17) is 61.5 Å². The van der Waals surface area contributed by atoms with Gasteiger partial charge in [0, 0.05) is 32.2 Å². The molecule has 0 heterocycles. The molecule has 0 bridgehead atoms. The summed E-state index contributed by atoms with van der Waals surface area (Å²) in [4.78, 5) is 60.7. The Morgan fingerprint density at radius 1 is 0.330 bits per heavy atom. The third-order valence-electron chi connectivity index (χ3n) is 15.1. The molecule has 0 radical (unpaired) electrons. The van der Waals surface area contributed by atoms with Crippen molar-refractivity contribution >= 4 is 31.6 Å². The van der Waals surface area contributed by atoms with Crippen molar-refractivity contribution in [3.63, 3.8) is 0 Å². The molecule has 10 unspecified atom stereocenters. The van der Waals surface area contributed by atoms with E-state index in [1.165, 1.54) is 128 Å². The number of esters is 3. The topological polar surface area (TPSA) is 410 Å². The molecule has 0 saturated heterocycles. The Kier molecular flexibility index (Phi) is 66.0. The van der Waals surface area contributed by atoms with Gasteiger partial charge in [-0.2, -0.15) is 0 Å². The zero-order chi connectivity index (χ0) is 71.7. The van der Waals surface area contributed by atoms with Crippen LogP contribution < -0.4 is 5.32 Å². The molecule has 0 aromatic heterocycles. The van der Waals surface area contributed by atoms with Crippen LogP contribution in [0.15, 0.2) is 0 Å². The Balaban J connectivity index is 4.40. The van der Waals surface area contributed by atoms with Crippen LogP contribution >= 0.6 is 7.82 Å². The summed E-state index contributed by atoms with van der Waals surface area (Å²) >= 11 is 0. The SMILES string of the molecule is CCCCCCCCCCCCCCCCC(=O)OCC(COP(=O)(O)OCCNC(=O)CCCC(=O)OCC(O)COCC(O)COCC(O)COCC(O)COCC(O)COCC(O)COCC(O)COCC(O)CO)OC(=O)CCCCCCCCCCCCCCCC. The minimum absolute atomic E-state index is 0.0847. The van der Waals surface area contributed by atoms with Gasteiger partial charge in [0.05, 0.1) is 112 Å². The van der Waals surface area contributed by atoms with Gasteiger partial charge in [-0.05, 0) is 19.3 Å². The van der Waals surface area contributed by atoms with E-state index in [-0.39, 0.29) is 138 Å². The van der Waals surface area contributed by atoms with Gasteiger partial charge in [0.25, 0.3) is 0 Å². The second-order valence-electron chi connectivity index (χ2n) is 25.1. The van der Waals surface area contributed by atoms with Crippen LogP contribution in [0.3, 0.4) is 0 Å². The normalized spacial score (nSPS) is 15.2. The quantitative estimate of drug-likeness (QED) is 0.0141. The highest BCUT2D eigenvalue weighted by Gasteiger charge is 2.27. The van der Waals surface area contributed by atoms with Gasteiger partial charge in [-0.3, -0.25) is 28.2 Å². The molecule has 11 N–H and O–H groups in total. The molecule has 0 aliphatic rings. The van der Waals surface area contributed by atoms with E-state index >= 15 is 0 Å². The van der Waals surface area contributed by atoms with Gasteiger partial charge >= 0.3 is 25.7 Å². The zero-order valence-electron chi connectivity index (χ0n) is 59.0. The number of hydrogen-bond acceptors (Lipinski definition) is 26. The third-order valence-corrected chi connectivity index (χ3v) is 16.1. The van der Waals surface area contributed by atoms with Gasteiger partial charge in [-0.1, -0.05) is 181 Å². The van der Waals surface area contributed by atoms with Crippen molar-refractivity contribution in [2.24, 2.45) is 0 Å². The van der Waals surface area contributed by atoms with E-state index in [9.17, 15) is 69.5 Å². The van der Waals surface area contributed by atoms with Gasteiger partial charge in [0.2, 0.25) is 5.91 Å². The third kappa shape index (κ3) is 67.6. The van der Waals surface area contributed by atoms with E-state index in [1.807, 2.05) is 0 Å². The van der Waals surface area contributed by atoms with Crippen molar-refractivity contribution in [3.05, 3.63) is 0 Å². The first-order chi connectivity index (χ1) is 46.8. The predicted molar refractivity (Wildman–Crippen MR) is 361 cm³/mol. The van der Waals surface area contributed by atoms with Crippen LogP contribution in [0.2, 0.25) is 0 Å². The molecule has 0 fully saturated rings. The van der Waals surface area contributed by atoms with Crippen molar-refractivity contribution in [1.82, 2.24) is 5.32 Å². The smallest absolute Gasteiger partial charge is 0.463 e. The van der Waals surface area contributed by atoms with E-state index in [0.29, 0.717) is 12.8 Å². The molecule has 28 nitrogen and oxygen atoms in total. The van der Waals surface area contributed by atoms with Crippen LogP contribution in [0, 0.1) is 0 Å². The molecule has 0 rings (SSSR count). The van der Waals surface area contributed by atoms with Gasteiger partial charge in [-0.25, -0.2) is 4.57 Å². The van der Waals surface area contributed by atoms with E-state index in [0.717, 1.165) is 38.5 Å².